The van der Waals surface area contributed by atoms with Crippen molar-refractivity contribution in [2.24, 2.45) is 23.2 Å². The molecule has 1 aromatic carbocycles. The van der Waals surface area contributed by atoms with Crippen molar-refractivity contribution in [3.05, 3.63) is 28.2 Å². The number of cyclic esters (lactones) is 1. The van der Waals surface area contributed by atoms with E-state index in [2.05, 4.69) is 22.9 Å². The molecule has 10 nitrogen and oxygen atoms in total. The minimum atomic E-state index is -1.89. The van der Waals surface area contributed by atoms with E-state index in [1.807, 2.05) is 33.8 Å². The third kappa shape index (κ3) is 7.07. The Kier molecular flexibility index (Phi) is 10.3. The summed E-state index contributed by atoms with van der Waals surface area (Å²) in [5, 5.41) is 32.2. The van der Waals surface area contributed by atoms with E-state index in [0.717, 1.165) is 5.56 Å². The number of esters is 2. The molecule has 0 radical (unpaired) electrons. The van der Waals surface area contributed by atoms with Gasteiger partial charge in [-0.1, -0.05) is 40.7 Å². The zero-order chi connectivity index (χ0) is 31.9. The Balaban J connectivity index is 1.66. The summed E-state index contributed by atoms with van der Waals surface area (Å²) in [7, 11) is 1.63. The predicted octanol–water partition coefficient (Wildman–Crippen LogP) is 5.15. The molecule has 1 aromatic rings. The Morgan fingerprint density at radius 1 is 1.09 bits per heavy atom. The molecule has 3 fully saturated rings. The van der Waals surface area contributed by atoms with Crippen LogP contribution in [-0.2, 0) is 33.3 Å². The number of aliphatic hydroxyl groups is 2. The maximum Gasteiger partial charge on any atom is 0.311 e. The highest BCUT2D eigenvalue weighted by molar-refractivity contribution is 9.10. The largest absolute Gasteiger partial charge is 0.507 e. The molecule has 3 N–H and O–H groups in total. The number of aromatic hydroxyl groups is 1. The van der Waals surface area contributed by atoms with Gasteiger partial charge in [-0.05, 0) is 65.7 Å². The molecule has 3 aliphatic rings. The highest BCUT2D eigenvalue weighted by Gasteiger charge is 2.64. The lowest BCUT2D eigenvalue weighted by molar-refractivity contribution is -0.452. The minimum Gasteiger partial charge on any atom is -0.507 e. The van der Waals surface area contributed by atoms with E-state index in [-0.39, 0.29) is 36.5 Å². The molecule has 3 heterocycles. The molecule has 3 aliphatic heterocycles. The van der Waals surface area contributed by atoms with Crippen LogP contribution in [0.5, 0.6) is 5.75 Å². The number of ether oxygens (including phenoxy) is 5. The molecular formula is C32H47BrO10. The van der Waals surface area contributed by atoms with E-state index in [4.69, 9.17) is 23.7 Å². The lowest BCUT2D eigenvalue weighted by Gasteiger charge is -2.61. The number of halogens is 1. The number of rotatable bonds is 7. The fourth-order valence-corrected chi connectivity index (χ4v) is 7.22. The summed E-state index contributed by atoms with van der Waals surface area (Å²) in [6.07, 6.45) is -2.34. The van der Waals surface area contributed by atoms with Gasteiger partial charge in [0.1, 0.15) is 18.0 Å². The normalized spacial score (nSPS) is 36.7. The highest BCUT2D eigenvalue weighted by atomic mass is 79.9. The highest BCUT2D eigenvalue weighted by Crippen LogP contribution is 2.57. The first-order chi connectivity index (χ1) is 20.0. The van der Waals surface area contributed by atoms with E-state index in [9.17, 15) is 24.9 Å². The Bertz CT molecular complexity index is 1170. The van der Waals surface area contributed by atoms with E-state index in [0.29, 0.717) is 23.7 Å². The van der Waals surface area contributed by atoms with Gasteiger partial charge in [0.2, 0.25) is 0 Å². The number of carbonyl (C=O) groups is 2. The molecule has 3 saturated heterocycles. The standard InChI is InChI=1S/C32H47BrO10/c1-17(8-11-24(39-7)21-9-10-22(33)23(35)12-21)29-19(3)26-15-32(42-29)30(5,6)14-18(2)31(38,43-32)16-28(37)40-25(20(4)34)13-27(36)41-26/h9-10,12,17-20,24-26,29,34-35,38H,8,11,13-16H2,1-7H3/t17-,18-,19+,20-,24-,25-,26-,29-,31+,32-/m0/s1. The van der Waals surface area contributed by atoms with Crippen LogP contribution in [0.4, 0.5) is 0 Å². The van der Waals surface area contributed by atoms with Crippen molar-refractivity contribution in [2.45, 2.75) is 122 Å². The summed E-state index contributed by atoms with van der Waals surface area (Å²) < 4.78 is 31.3. The van der Waals surface area contributed by atoms with E-state index in [1.54, 1.807) is 19.2 Å². The first-order valence-electron chi connectivity index (χ1n) is 15.2. The van der Waals surface area contributed by atoms with Crippen molar-refractivity contribution < 1.29 is 48.6 Å². The Labute approximate surface area is 262 Å². The average Bonchev–Trinajstić information content (AvgIpc) is 2.90. The molecule has 10 atom stereocenters. The Morgan fingerprint density at radius 3 is 2.42 bits per heavy atom. The van der Waals surface area contributed by atoms with Crippen LogP contribution in [0.3, 0.4) is 0 Å². The molecular weight excluding hydrogens is 624 g/mol. The lowest BCUT2D eigenvalue weighted by Crippen LogP contribution is -2.68. The van der Waals surface area contributed by atoms with Gasteiger partial charge in [0.15, 0.2) is 11.6 Å². The molecule has 43 heavy (non-hydrogen) atoms. The molecule has 0 aromatic heterocycles. The average molecular weight is 672 g/mol. The number of benzene rings is 1. The first-order valence-corrected chi connectivity index (χ1v) is 16.0. The number of aliphatic hydroxyl groups excluding tert-OH is 1. The third-order valence-corrected chi connectivity index (χ3v) is 10.5. The summed E-state index contributed by atoms with van der Waals surface area (Å²) in [5.41, 5.74) is 0.239. The maximum atomic E-state index is 13.2. The molecule has 4 rings (SSSR count). The lowest BCUT2D eigenvalue weighted by atomic mass is 9.66. The summed E-state index contributed by atoms with van der Waals surface area (Å²) >= 11 is 3.32. The van der Waals surface area contributed by atoms with Crippen molar-refractivity contribution >= 4 is 27.9 Å². The number of methoxy groups -OCH3 is 1. The van der Waals surface area contributed by atoms with Gasteiger partial charge in [-0.15, -0.1) is 0 Å². The maximum absolute atomic E-state index is 13.2. The van der Waals surface area contributed by atoms with Crippen LogP contribution in [-0.4, -0.2) is 70.4 Å². The molecule has 0 unspecified atom stereocenters. The van der Waals surface area contributed by atoms with Gasteiger partial charge in [0.25, 0.3) is 0 Å². The van der Waals surface area contributed by atoms with Gasteiger partial charge in [0.05, 0.1) is 35.6 Å². The summed E-state index contributed by atoms with van der Waals surface area (Å²) in [6.45, 7) is 11.3. The van der Waals surface area contributed by atoms with Crippen LogP contribution in [0, 0.1) is 23.2 Å². The molecule has 0 aliphatic carbocycles. The SMILES string of the molecule is CO[C@@H](CC[C@H](C)[C@@H]1O[C@@]23C[C@H](OC(=O)C[C@@H]([C@H](C)O)OC(=O)C[C@@](O)(O2)[C@@H](C)CC3(C)C)[C@H]1C)c1ccc(Br)c(O)c1. The van der Waals surface area contributed by atoms with E-state index < -0.39 is 65.7 Å². The summed E-state index contributed by atoms with van der Waals surface area (Å²) in [6, 6.07) is 5.37. The second-order valence-corrected chi connectivity index (χ2v) is 14.4. The van der Waals surface area contributed by atoms with Gasteiger partial charge in [-0.3, -0.25) is 9.59 Å². The molecule has 1 spiro atoms. The fraction of sp³-hybridized carbons (Fsp3) is 0.750. The smallest absolute Gasteiger partial charge is 0.311 e. The van der Waals surface area contributed by atoms with Crippen molar-refractivity contribution in [1.29, 1.82) is 0 Å². The van der Waals surface area contributed by atoms with Gasteiger partial charge >= 0.3 is 11.9 Å². The number of phenolic OH excluding ortho intramolecular Hbond substituents is 1. The second-order valence-electron chi connectivity index (χ2n) is 13.5. The minimum absolute atomic E-state index is 0.0509. The van der Waals surface area contributed by atoms with Gasteiger partial charge in [0, 0.05) is 30.8 Å². The van der Waals surface area contributed by atoms with Crippen LogP contribution in [0.1, 0.15) is 91.7 Å². The van der Waals surface area contributed by atoms with Crippen LogP contribution in [0.25, 0.3) is 0 Å². The van der Waals surface area contributed by atoms with Crippen LogP contribution in [0.15, 0.2) is 22.7 Å². The third-order valence-electron chi connectivity index (χ3n) is 9.80. The molecule has 0 amide bonds. The van der Waals surface area contributed by atoms with Gasteiger partial charge < -0.3 is 39.0 Å². The Morgan fingerprint density at radius 2 is 1.79 bits per heavy atom. The first kappa shape index (κ1) is 34.1. The number of hydrogen-bond donors (Lipinski definition) is 3. The molecule has 0 saturated carbocycles. The molecule has 11 heteroatoms. The zero-order valence-electron chi connectivity index (χ0n) is 26.2. The topological polar surface area (TPSA) is 141 Å². The summed E-state index contributed by atoms with van der Waals surface area (Å²) in [5.74, 6) is -5.19. The fourth-order valence-electron chi connectivity index (χ4n) is 6.98. The van der Waals surface area contributed by atoms with Crippen LogP contribution >= 0.6 is 15.9 Å². The number of phenols is 1. The quantitative estimate of drug-likeness (QED) is 0.334. The van der Waals surface area contributed by atoms with Crippen molar-refractivity contribution in [3.63, 3.8) is 0 Å². The van der Waals surface area contributed by atoms with Crippen molar-refractivity contribution in [2.75, 3.05) is 7.11 Å². The Hall–Kier alpha value is -1.76. The number of hydrogen-bond acceptors (Lipinski definition) is 10. The van der Waals surface area contributed by atoms with Gasteiger partial charge in [-0.25, -0.2) is 0 Å². The van der Waals surface area contributed by atoms with Crippen molar-refractivity contribution in [3.8, 4) is 5.75 Å². The molecule has 3 bridgehead atoms. The second kappa shape index (κ2) is 12.9. The summed E-state index contributed by atoms with van der Waals surface area (Å²) in [4.78, 5) is 26.1. The number of fused-ring (bicyclic) bond motifs is 2. The van der Waals surface area contributed by atoms with Crippen molar-refractivity contribution in [1.82, 2.24) is 0 Å². The predicted molar refractivity (Wildman–Crippen MR) is 160 cm³/mol. The number of carbonyl (C=O) groups excluding carboxylic acids is 2. The van der Waals surface area contributed by atoms with Gasteiger partial charge in [-0.2, -0.15) is 0 Å². The zero-order valence-corrected chi connectivity index (χ0v) is 27.8. The van der Waals surface area contributed by atoms with Crippen LogP contribution in [0.2, 0.25) is 0 Å². The van der Waals surface area contributed by atoms with E-state index >= 15 is 0 Å². The van der Waals surface area contributed by atoms with Crippen LogP contribution < -0.4 is 0 Å². The molecule has 242 valence electrons. The van der Waals surface area contributed by atoms with E-state index in [1.165, 1.54) is 6.92 Å². The monoisotopic (exact) mass is 670 g/mol.